The number of anilines is 4. The lowest BCUT2D eigenvalue weighted by atomic mass is 9.62. The van der Waals surface area contributed by atoms with Gasteiger partial charge in [0, 0.05) is 49.2 Å². The lowest BCUT2D eigenvalue weighted by molar-refractivity contribution is 0.328. The Morgan fingerprint density at radius 3 is 1.86 bits per heavy atom. The van der Waals surface area contributed by atoms with Gasteiger partial charge in [-0.2, -0.15) is 0 Å². The molecule has 0 amide bonds. The Bertz CT molecular complexity index is 4000. The first-order chi connectivity index (χ1) is 38.2. The monoisotopic (exact) mass is 1070 g/mol. The molecule has 5 aliphatic rings. The number of benzene rings is 7. The van der Waals surface area contributed by atoms with E-state index >= 15 is 0 Å². The third kappa shape index (κ3) is 8.14. The maximum Gasteiger partial charge on any atom is 0.137 e. The molecule has 0 saturated heterocycles. The Morgan fingerprint density at radius 2 is 1.19 bits per heavy atom. The lowest BCUT2D eigenvalue weighted by Gasteiger charge is -2.45. The van der Waals surface area contributed by atoms with Crippen molar-refractivity contribution in [3.63, 3.8) is 0 Å². The van der Waals surface area contributed by atoms with Gasteiger partial charge in [0.2, 0.25) is 0 Å². The number of hydrogen-bond acceptors (Lipinski definition) is 4. The van der Waals surface area contributed by atoms with Crippen LogP contribution in [0.25, 0.3) is 31.1 Å². The first kappa shape index (κ1) is 51.5. The SMILES string of the molecule is CC(c1ccccc1)[C@@H](Cc1ccccc1)C1C=C2C3=C(C1)N(c1ccc(C(C)(C)C)cc1)c1cc4c(cc1C[C@H]3c1oc3cc5c(cc3c1N2c1cccc2c1sc1ccccc12)C(C)(C)CCC5(C)C)C(C)(C)CCC4(C)C. The van der Waals surface area contributed by atoms with Crippen LogP contribution >= 0.6 is 11.3 Å². The van der Waals surface area contributed by atoms with Gasteiger partial charge in [-0.1, -0.05) is 198 Å². The van der Waals surface area contributed by atoms with Gasteiger partial charge in [0.1, 0.15) is 11.3 Å². The van der Waals surface area contributed by atoms with Crippen molar-refractivity contribution in [2.24, 2.45) is 11.8 Å². The topological polar surface area (TPSA) is 19.6 Å². The maximum absolute atomic E-state index is 7.86. The van der Waals surface area contributed by atoms with Crippen LogP contribution in [0.1, 0.15) is 177 Å². The summed E-state index contributed by atoms with van der Waals surface area (Å²) < 4.78 is 10.5. The Kier molecular flexibility index (Phi) is 11.7. The summed E-state index contributed by atoms with van der Waals surface area (Å²) in [7, 11) is 0. The van der Waals surface area contributed by atoms with E-state index in [9.17, 15) is 0 Å². The molecule has 4 heteroatoms. The minimum absolute atomic E-state index is 0.0137. The van der Waals surface area contributed by atoms with Crippen LogP contribution in [0.4, 0.5) is 22.7 Å². The van der Waals surface area contributed by atoms with E-state index < -0.39 is 0 Å². The molecule has 2 aliphatic heterocycles. The van der Waals surface area contributed by atoms with E-state index in [0.29, 0.717) is 0 Å². The molecule has 4 heterocycles. The van der Waals surface area contributed by atoms with Crippen molar-refractivity contribution < 1.29 is 4.42 Å². The summed E-state index contributed by atoms with van der Waals surface area (Å²) in [6.45, 7) is 29.4. The minimum atomic E-state index is -0.0370. The van der Waals surface area contributed by atoms with Gasteiger partial charge in [-0.25, -0.2) is 0 Å². The van der Waals surface area contributed by atoms with Crippen LogP contribution in [0.5, 0.6) is 0 Å². The quantitative estimate of drug-likeness (QED) is 0.159. The smallest absolute Gasteiger partial charge is 0.137 e. The molecule has 3 aliphatic carbocycles. The van der Waals surface area contributed by atoms with E-state index in [4.69, 9.17) is 4.42 Å². The Balaban J connectivity index is 1.13. The van der Waals surface area contributed by atoms with E-state index in [2.05, 4.69) is 251 Å². The van der Waals surface area contributed by atoms with Gasteiger partial charge < -0.3 is 14.2 Å². The van der Waals surface area contributed by atoms with Crippen molar-refractivity contribution >= 4 is 65.2 Å². The fourth-order valence-corrected chi connectivity index (χ4v) is 16.7. The van der Waals surface area contributed by atoms with Gasteiger partial charge in [-0.3, -0.25) is 0 Å². The highest BCUT2D eigenvalue weighted by Crippen LogP contribution is 2.63. The molecular weight excluding hydrogens is 989 g/mol. The molecule has 406 valence electrons. The van der Waals surface area contributed by atoms with Crippen LogP contribution in [0.15, 0.2) is 179 Å². The number of allylic oxidation sites excluding steroid dienone is 3. The predicted octanol–water partition coefficient (Wildman–Crippen LogP) is 21.2. The van der Waals surface area contributed by atoms with Gasteiger partial charge >= 0.3 is 0 Å². The highest BCUT2D eigenvalue weighted by molar-refractivity contribution is 7.26. The standard InChI is InChI=1S/C76H80N2OS/c1-46(48-24-17-14-18-25-48)55(38-47-22-15-13-16-23-47)49-41-64-68-57(39-50-40-58-60(75(9,10)36-34-73(58,5)6)44-63(50)77(64)52-32-30-51(31-33-52)72(2,3)4)70-69(56-43-59-61(45-66(56)79-70)76(11,12)37-35-74(59,7)8)78(65(68)42-49)62-28-21-27-54-53-26-19-20-29-67(53)80-71(54)62/h13-33,40,42-46,49,55,57H,34-39,41H2,1-12H3/t46?,49?,55-,57-/m1/s1. The van der Waals surface area contributed by atoms with E-state index in [1.54, 1.807) is 0 Å². The average molecular weight is 1070 g/mol. The normalized spacial score (nSPS) is 21.3. The molecule has 2 aromatic heterocycles. The molecular formula is C76H80N2OS. The van der Waals surface area contributed by atoms with Crippen LogP contribution < -0.4 is 9.80 Å². The highest BCUT2D eigenvalue weighted by Gasteiger charge is 2.49. The van der Waals surface area contributed by atoms with Gasteiger partial charge in [-0.15, -0.1) is 11.3 Å². The molecule has 0 fully saturated rings. The van der Waals surface area contributed by atoms with Gasteiger partial charge in [0.25, 0.3) is 0 Å². The zero-order chi connectivity index (χ0) is 55.4. The summed E-state index contributed by atoms with van der Waals surface area (Å²) in [5.74, 6) is 1.78. The molecule has 9 aromatic rings. The molecule has 0 saturated carbocycles. The number of hydrogen-bond donors (Lipinski definition) is 0. The summed E-state index contributed by atoms with van der Waals surface area (Å²) in [5, 5.41) is 3.86. The number of nitrogens with zero attached hydrogens (tertiary/aromatic N) is 2. The van der Waals surface area contributed by atoms with Crippen LogP contribution in [-0.2, 0) is 39.9 Å². The van der Waals surface area contributed by atoms with Gasteiger partial charge in [0.15, 0.2) is 0 Å². The molecule has 14 rings (SSSR count). The molecule has 0 bridgehead atoms. The Labute approximate surface area is 480 Å². The first-order valence-corrected chi connectivity index (χ1v) is 30.9. The molecule has 4 atom stereocenters. The molecule has 3 nitrogen and oxygen atoms in total. The van der Waals surface area contributed by atoms with Crippen molar-refractivity contribution in [2.45, 2.75) is 167 Å². The van der Waals surface area contributed by atoms with Crippen LogP contribution in [-0.4, -0.2) is 0 Å². The Morgan fingerprint density at radius 1 is 0.588 bits per heavy atom. The summed E-state index contributed by atoms with van der Waals surface area (Å²) in [4.78, 5) is 5.54. The average Bonchev–Trinajstić information content (AvgIpc) is 4.17. The van der Waals surface area contributed by atoms with Crippen molar-refractivity contribution in [1.82, 2.24) is 0 Å². The fraction of sp³-hybridized carbons (Fsp3) is 0.368. The second kappa shape index (κ2) is 18.2. The van der Waals surface area contributed by atoms with E-state index in [0.717, 1.165) is 49.9 Å². The van der Waals surface area contributed by atoms with Gasteiger partial charge in [0.05, 0.1) is 22.0 Å². The maximum atomic E-state index is 7.86. The van der Waals surface area contributed by atoms with Crippen molar-refractivity contribution in [2.75, 3.05) is 9.80 Å². The number of furan rings is 1. The zero-order valence-electron chi connectivity index (χ0n) is 49.5. The van der Waals surface area contributed by atoms with Gasteiger partial charge in [-0.05, 0) is 177 Å². The molecule has 80 heavy (non-hydrogen) atoms. The van der Waals surface area contributed by atoms with E-state index in [1.165, 1.54) is 116 Å². The molecule has 7 aromatic carbocycles. The van der Waals surface area contributed by atoms with E-state index in [1.807, 2.05) is 11.3 Å². The van der Waals surface area contributed by atoms with Crippen LogP contribution in [0.3, 0.4) is 0 Å². The third-order valence-corrected chi connectivity index (χ3v) is 21.8. The summed E-state index contributed by atoms with van der Waals surface area (Å²) >= 11 is 1.94. The number of fused-ring (bicyclic) bond motifs is 10. The second-order valence-electron chi connectivity index (χ2n) is 28.6. The second-order valence-corrected chi connectivity index (χ2v) is 29.6. The highest BCUT2D eigenvalue weighted by atomic mass is 32.1. The van der Waals surface area contributed by atoms with Crippen LogP contribution in [0, 0.1) is 11.8 Å². The van der Waals surface area contributed by atoms with Crippen molar-refractivity contribution in [3.8, 4) is 0 Å². The largest absolute Gasteiger partial charge is 0.458 e. The molecule has 2 unspecified atom stereocenters. The lowest BCUT2D eigenvalue weighted by Crippen LogP contribution is -2.36. The molecule has 0 N–H and O–H groups in total. The summed E-state index contributed by atoms with van der Waals surface area (Å²) in [6.07, 6.45) is 10.1. The van der Waals surface area contributed by atoms with E-state index in [-0.39, 0.29) is 50.7 Å². The summed E-state index contributed by atoms with van der Waals surface area (Å²) in [6, 6.07) is 59.1. The zero-order valence-corrected chi connectivity index (χ0v) is 50.3. The summed E-state index contributed by atoms with van der Waals surface area (Å²) in [5.41, 5.74) is 21.8. The van der Waals surface area contributed by atoms with Crippen LogP contribution in [0.2, 0.25) is 0 Å². The third-order valence-electron chi connectivity index (χ3n) is 20.6. The number of rotatable bonds is 7. The minimum Gasteiger partial charge on any atom is -0.458 e. The number of thiophene rings is 1. The first-order valence-electron chi connectivity index (χ1n) is 30.1. The Hall–Kier alpha value is -6.62. The van der Waals surface area contributed by atoms with Crippen molar-refractivity contribution in [3.05, 3.63) is 225 Å². The molecule has 0 spiro atoms. The predicted molar refractivity (Wildman–Crippen MR) is 340 cm³/mol. The fourth-order valence-electron chi connectivity index (χ4n) is 15.5. The van der Waals surface area contributed by atoms with Crippen molar-refractivity contribution in [1.29, 1.82) is 0 Å². The molecule has 0 radical (unpaired) electrons.